The number of aromatic nitrogens is 1. The van der Waals surface area contributed by atoms with Crippen LogP contribution in [0.5, 0.6) is 11.8 Å². The fourth-order valence-corrected chi connectivity index (χ4v) is 3.33. The fraction of sp³-hybridized carbons (Fsp3) is 0.522. The number of hydrogen-bond acceptors (Lipinski definition) is 5. The van der Waals surface area contributed by atoms with Gasteiger partial charge in [-0.3, -0.25) is 0 Å². The molecule has 164 valence electrons. The van der Waals surface area contributed by atoms with E-state index in [9.17, 15) is 8.78 Å². The van der Waals surface area contributed by atoms with Crippen LogP contribution in [0.15, 0.2) is 24.3 Å². The molecule has 0 atom stereocenters. The quantitative estimate of drug-likeness (QED) is 0.529. The summed E-state index contributed by atoms with van der Waals surface area (Å²) < 4.78 is 41.4. The fourth-order valence-electron chi connectivity index (χ4n) is 3.33. The number of ether oxygens (including phenoxy) is 2. The molecule has 1 aromatic carbocycles. The van der Waals surface area contributed by atoms with Crippen molar-refractivity contribution in [3.63, 3.8) is 0 Å². The average molecular weight is 421 g/mol. The van der Waals surface area contributed by atoms with Crippen LogP contribution in [-0.2, 0) is 0 Å². The van der Waals surface area contributed by atoms with Gasteiger partial charge in [0.15, 0.2) is 0 Å². The number of benzene rings is 1. The van der Waals surface area contributed by atoms with E-state index >= 15 is 0 Å². The Labute approximate surface area is 176 Å². The molecular weight excluding hydrogens is 390 g/mol. The van der Waals surface area contributed by atoms with Gasteiger partial charge in [-0.1, -0.05) is 26.7 Å². The van der Waals surface area contributed by atoms with Crippen LogP contribution in [0.1, 0.15) is 39.5 Å². The van der Waals surface area contributed by atoms with Gasteiger partial charge in [0, 0.05) is 37.4 Å². The van der Waals surface area contributed by atoms with Crippen LogP contribution in [-0.4, -0.2) is 43.0 Å². The number of aliphatic hydroxyl groups is 1. The maximum Gasteiger partial charge on any atom is 0.224 e. The van der Waals surface area contributed by atoms with E-state index in [1.54, 1.807) is 12.1 Å². The van der Waals surface area contributed by atoms with E-state index in [1.807, 2.05) is 11.8 Å². The third-order valence-corrected chi connectivity index (χ3v) is 5.20. The lowest BCUT2D eigenvalue weighted by Crippen LogP contribution is -2.48. The van der Waals surface area contributed by atoms with Gasteiger partial charge in [-0.15, -0.1) is 0 Å². The number of pyridine rings is 1. The van der Waals surface area contributed by atoms with Gasteiger partial charge in [-0.05, 0) is 31.0 Å². The second-order valence-electron chi connectivity index (χ2n) is 7.64. The van der Waals surface area contributed by atoms with Crippen molar-refractivity contribution in [2.24, 2.45) is 5.92 Å². The molecule has 0 radical (unpaired) electrons. The van der Waals surface area contributed by atoms with E-state index in [4.69, 9.17) is 14.6 Å². The maximum absolute atomic E-state index is 15.0. The third kappa shape index (κ3) is 5.19. The highest BCUT2D eigenvalue weighted by Gasteiger charge is 2.28. The molecule has 1 aliphatic heterocycles. The van der Waals surface area contributed by atoms with Crippen molar-refractivity contribution in [3.8, 4) is 22.9 Å². The molecule has 1 aliphatic rings. The summed E-state index contributed by atoms with van der Waals surface area (Å²) in [6.07, 6.45) is 3.64. The van der Waals surface area contributed by atoms with Crippen molar-refractivity contribution in [1.29, 1.82) is 0 Å². The topological polar surface area (TPSA) is 54.8 Å². The number of halogens is 2. The number of hydrogen-bond donors (Lipinski definition) is 1. The Morgan fingerprint density at radius 2 is 1.67 bits per heavy atom. The van der Waals surface area contributed by atoms with Gasteiger partial charge in [0.05, 0.1) is 24.3 Å². The van der Waals surface area contributed by atoms with E-state index in [-0.39, 0.29) is 29.5 Å². The van der Waals surface area contributed by atoms with Crippen molar-refractivity contribution >= 4 is 5.69 Å². The van der Waals surface area contributed by atoms with Crippen LogP contribution in [0.2, 0.25) is 0 Å². The van der Waals surface area contributed by atoms with Gasteiger partial charge in [0.1, 0.15) is 11.6 Å². The smallest absolute Gasteiger partial charge is 0.224 e. The molecule has 5 nitrogen and oxygen atoms in total. The molecule has 0 unspecified atom stereocenters. The summed E-state index contributed by atoms with van der Waals surface area (Å²) in [6.45, 7) is 6.30. The van der Waals surface area contributed by atoms with Crippen molar-refractivity contribution < 1.29 is 23.4 Å². The summed E-state index contributed by atoms with van der Waals surface area (Å²) in [5, 5.41) is 9.16. The molecule has 2 heterocycles. The van der Waals surface area contributed by atoms with Crippen LogP contribution in [0, 0.1) is 17.6 Å². The zero-order valence-corrected chi connectivity index (χ0v) is 17.7. The first-order chi connectivity index (χ1) is 14.6. The molecule has 0 aliphatic carbocycles. The first-order valence-corrected chi connectivity index (χ1v) is 10.7. The standard InChI is InChI=1S/C23H30F2N2O3/c1-3-5-9-29-21-8-7-18(23(26-21)30-10-6-4-2)22-19(24)11-17(12-20(22)25)27-13-16(14-27)15-28/h7-8,11-12,16,28H,3-6,9-10,13-15H2,1-2H3. The van der Waals surface area contributed by atoms with Gasteiger partial charge in [-0.25, -0.2) is 8.78 Å². The number of rotatable bonds is 11. The van der Waals surface area contributed by atoms with Gasteiger partial charge < -0.3 is 19.5 Å². The van der Waals surface area contributed by atoms with Gasteiger partial charge in [0.2, 0.25) is 11.8 Å². The number of anilines is 1. The van der Waals surface area contributed by atoms with Crippen molar-refractivity contribution in [3.05, 3.63) is 35.9 Å². The molecular formula is C23H30F2N2O3. The van der Waals surface area contributed by atoms with E-state index in [0.717, 1.165) is 25.7 Å². The molecule has 1 fully saturated rings. The molecule has 3 rings (SSSR count). The lowest BCUT2D eigenvalue weighted by Gasteiger charge is -2.40. The molecule has 0 spiro atoms. The van der Waals surface area contributed by atoms with E-state index < -0.39 is 11.6 Å². The highest BCUT2D eigenvalue weighted by atomic mass is 19.1. The summed E-state index contributed by atoms with van der Waals surface area (Å²) in [5.74, 6) is -0.628. The average Bonchev–Trinajstić information content (AvgIpc) is 2.68. The predicted molar refractivity (Wildman–Crippen MR) is 113 cm³/mol. The number of unbranched alkanes of at least 4 members (excludes halogenated alkanes) is 2. The monoisotopic (exact) mass is 420 g/mol. The minimum Gasteiger partial charge on any atom is -0.478 e. The van der Waals surface area contributed by atoms with Crippen molar-refractivity contribution in [2.45, 2.75) is 39.5 Å². The second kappa shape index (κ2) is 10.6. The van der Waals surface area contributed by atoms with Gasteiger partial charge in [-0.2, -0.15) is 4.98 Å². The Morgan fingerprint density at radius 1 is 1.03 bits per heavy atom. The molecule has 30 heavy (non-hydrogen) atoms. The number of aliphatic hydroxyl groups excluding tert-OH is 1. The first kappa shape index (κ1) is 22.3. The van der Waals surface area contributed by atoms with Crippen LogP contribution < -0.4 is 14.4 Å². The lowest BCUT2D eigenvalue weighted by molar-refractivity contribution is 0.200. The summed E-state index contributed by atoms with van der Waals surface area (Å²) in [6, 6.07) is 5.87. The molecule has 0 bridgehead atoms. The SMILES string of the molecule is CCCCOc1ccc(-c2c(F)cc(N3CC(CO)C3)cc2F)c(OCCCC)n1. The summed E-state index contributed by atoms with van der Waals surface area (Å²) in [4.78, 5) is 6.21. The van der Waals surface area contributed by atoms with E-state index in [2.05, 4.69) is 11.9 Å². The van der Waals surface area contributed by atoms with Crippen LogP contribution in [0.3, 0.4) is 0 Å². The van der Waals surface area contributed by atoms with Crippen LogP contribution in [0.25, 0.3) is 11.1 Å². The molecule has 0 saturated carbocycles. The van der Waals surface area contributed by atoms with Gasteiger partial charge >= 0.3 is 0 Å². The van der Waals surface area contributed by atoms with E-state index in [1.165, 1.54) is 12.1 Å². The number of nitrogens with zero attached hydrogens (tertiary/aromatic N) is 2. The maximum atomic E-state index is 15.0. The van der Waals surface area contributed by atoms with Crippen molar-refractivity contribution in [2.75, 3.05) is 37.8 Å². The molecule has 2 aromatic rings. The minimum absolute atomic E-state index is 0.0797. The lowest BCUT2D eigenvalue weighted by atomic mass is 9.98. The molecule has 7 heteroatoms. The summed E-state index contributed by atoms with van der Waals surface area (Å²) in [5.41, 5.74) is 0.587. The summed E-state index contributed by atoms with van der Waals surface area (Å²) in [7, 11) is 0. The Morgan fingerprint density at radius 3 is 2.27 bits per heavy atom. The zero-order valence-electron chi connectivity index (χ0n) is 17.7. The summed E-state index contributed by atoms with van der Waals surface area (Å²) >= 11 is 0. The minimum atomic E-state index is -0.667. The third-order valence-electron chi connectivity index (χ3n) is 5.20. The molecule has 1 N–H and O–H groups in total. The van der Waals surface area contributed by atoms with E-state index in [0.29, 0.717) is 37.9 Å². The Kier molecular flexibility index (Phi) is 7.85. The molecule has 1 aromatic heterocycles. The Bertz CT molecular complexity index is 818. The highest BCUT2D eigenvalue weighted by molar-refractivity contribution is 5.72. The Hall–Kier alpha value is -2.41. The Balaban J connectivity index is 1.88. The van der Waals surface area contributed by atoms with Gasteiger partial charge in [0.25, 0.3) is 0 Å². The molecule has 1 saturated heterocycles. The van der Waals surface area contributed by atoms with Crippen molar-refractivity contribution in [1.82, 2.24) is 4.98 Å². The van der Waals surface area contributed by atoms with Crippen LogP contribution in [0.4, 0.5) is 14.5 Å². The zero-order chi connectivity index (χ0) is 21.5. The normalized spacial score (nSPS) is 14.0. The first-order valence-electron chi connectivity index (χ1n) is 10.7. The largest absolute Gasteiger partial charge is 0.478 e. The predicted octanol–water partition coefficient (Wildman–Crippen LogP) is 4.81. The molecule has 0 amide bonds. The van der Waals surface area contributed by atoms with Crippen LogP contribution >= 0.6 is 0 Å². The highest BCUT2D eigenvalue weighted by Crippen LogP contribution is 2.37. The second-order valence-corrected chi connectivity index (χ2v) is 7.64.